The van der Waals surface area contributed by atoms with Gasteiger partial charge in [-0.25, -0.2) is 4.98 Å². The van der Waals surface area contributed by atoms with Crippen molar-refractivity contribution in [2.24, 2.45) is 5.92 Å². The Morgan fingerprint density at radius 3 is 2.31 bits per heavy atom. The van der Waals surface area contributed by atoms with Crippen LogP contribution >= 0.6 is 0 Å². The van der Waals surface area contributed by atoms with Crippen LogP contribution in [0.15, 0.2) is 54.9 Å². The molecule has 0 spiro atoms. The van der Waals surface area contributed by atoms with Gasteiger partial charge in [-0.05, 0) is 67.7 Å². The topological polar surface area (TPSA) is 61.3 Å². The molecule has 2 aliphatic carbocycles. The second kappa shape index (κ2) is 11.7. The first-order valence-electron chi connectivity index (χ1n) is 13.4. The number of nitrogens with zero attached hydrogens (tertiary/aromatic N) is 2. The summed E-state index contributed by atoms with van der Waals surface area (Å²) in [6, 6.07) is 14.3. The molecule has 0 saturated heterocycles. The minimum atomic E-state index is -0.0881. The zero-order valence-electron chi connectivity index (χ0n) is 20.5. The highest BCUT2D eigenvalue weighted by Gasteiger charge is 2.29. The van der Waals surface area contributed by atoms with E-state index in [1.165, 1.54) is 50.5 Å². The first-order valence-corrected chi connectivity index (χ1v) is 13.4. The van der Waals surface area contributed by atoms with Crippen LogP contribution in [-0.4, -0.2) is 22.0 Å². The highest BCUT2D eigenvalue weighted by Crippen LogP contribution is 2.37. The van der Waals surface area contributed by atoms with Crippen LogP contribution < -0.4 is 4.74 Å². The van der Waals surface area contributed by atoms with Gasteiger partial charge in [-0.3, -0.25) is 9.78 Å². The zero-order valence-corrected chi connectivity index (χ0v) is 20.5. The first kappa shape index (κ1) is 23.8. The summed E-state index contributed by atoms with van der Waals surface area (Å²) in [5.74, 6) is 1.29. The molecule has 0 amide bonds. The molecule has 1 aromatic heterocycles. The molecule has 2 aromatic carbocycles. The summed E-state index contributed by atoms with van der Waals surface area (Å²) in [6.45, 7) is 0.342. The molecule has 0 bridgehead atoms. The Balaban J connectivity index is 1.23. The van der Waals surface area contributed by atoms with Gasteiger partial charge < -0.3 is 9.47 Å². The molecule has 184 valence electrons. The van der Waals surface area contributed by atoms with Crippen molar-refractivity contribution in [3.8, 4) is 5.75 Å². The van der Waals surface area contributed by atoms with E-state index in [1.54, 1.807) is 12.4 Å². The van der Waals surface area contributed by atoms with E-state index in [0.29, 0.717) is 12.5 Å². The van der Waals surface area contributed by atoms with Gasteiger partial charge in [-0.2, -0.15) is 0 Å². The SMILES string of the molecule is O=C(OCc1ccccc1)C1CCC(Oc2cc(C3CCCCCCC3)cc3nccnc23)CC1. The van der Waals surface area contributed by atoms with Crippen LogP contribution in [0.5, 0.6) is 5.75 Å². The molecule has 3 aromatic rings. The molecular formula is C30H36N2O3. The van der Waals surface area contributed by atoms with Gasteiger partial charge in [0.25, 0.3) is 0 Å². The molecule has 5 rings (SSSR count). The number of fused-ring (bicyclic) bond motifs is 1. The molecule has 0 radical (unpaired) electrons. The van der Waals surface area contributed by atoms with Gasteiger partial charge in [0.1, 0.15) is 17.9 Å². The first-order chi connectivity index (χ1) is 17.3. The van der Waals surface area contributed by atoms with Crippen LogP contribution in [0.1, 0.15) is 87.7 Å². The van der Waals surface area contributed by atoms with Gasteiger partial charge in [0.05, 0.1) is 17.5 Å². The van der Waals surface area contributed by atoms with Gasteiger partial charge in [-0.1, -0.05) is 62.4 Å². The van der Waals surface area contributed by atoms with Gasteiger partial charge in [0.2, 0.25) is 0 Å². The molecule has 5 nitrogen and oxygen atoms in total. The Morgan fingerprint density at radius 2 is 1.54 bits per heavy atom. The van der Waals surface area contributed by atoms with Crippen molar-refractivity contribution in [1.82, 2.24) is 9.97 Å². The third kappa shape index (κ3) is 6.19. The number of carbonyl (C=O) groups excluding carboxylic acids is 1. The average molecular weight is 473 g/mol. The normalized spacial score (nSPS) is 21.7. The molecule has 1 heterocycles. The number of aromatic nitrogens is 2. The van der Waals surface area contributed by atoms with E-state index in [4.69, 9.17) is 9.47 Å². The highest BCUT2D eigenvalue weighted by atomic mass is 16.5. The van der Waals surface area contributed by atoms with Gasteiger partial charge in [0, 0.05) is 12.4 Å². The lowest BCUT2D eigenvalue weighted by Crippen LogP contribution is -2.29. The molecule has 35 heavy (non-hydrogen) atoms. The lowest BCUT2D eigenvalue weighted by atomic mass is 9.85. The van der Waals surface area contributed by atoms with Crippen molar-refractivity contribution in [3.63, 3.8) is 0 Å². The molecule has 2 fully saturated rings. The molecule has 5 heteroatoms. The Morgan fingerprint density at radius 1 is 0.829 bits per heavy atom. The number of ether oxygens (including phenoxy) is 2. The molecule has 2 aliphatic rings. The summed E-state index contributed by atoms with van der Waals surface area (Å²) in [5, 5.41) is 0. The summed E-state index contributed by atoms with van der Waals surface area (Å²) >= 11 is 0. The molecule has 2 saturated carbocycles. The third-order valence-electron chi connectivity index (χ3n) is 7.66. The Labute approximate surface area is 208 Å². The zero-order chi connectivity index (χ0) is 23.9. The van der Waals surface area contributed by atoms with E-state index < -0.39 is 0 Å². The number of hydrogen-bond donors (Lipinski definition) is 0. The lowest BCUT2D eigenvalue weighted by Gasteiger charge is -2.28. The molecule has 0 atom stereocenters. The van der Waals surface area contributed by atoms with Crippen molar-refractivity contribution in [1.29, 1.82) is 0 Å². The third-order valence-corrected chi connectivity index (χ3v) is 7.66. The largest absolute Gasteiger partial charge is 0.488 e. The second-order valence-corrected chi connectivity index (χ2v) is 10.2. The molecule has 0 N–H and O–H groups in total. The number of hydrogen-bond acceptors (Lipinski definition) is 5. The van der Waals surface area contributed by atoms with E-state index >= 15 is 0 Å². The standard InChI is InChI=1S/C30H36N2O3/c33-30(34-21-22-9-5-4-6-10-22)24-13-15-26(16-14-24)35-28-20-25(19-27-29(28)32-18-17-31-27)23-11-7-2-1-3-8-12-23/h4-6,9-10,17-20,23-24,26H,1-3,7-8,11-16,21H2. The molecule has 0 unspecified atom stereocenters. The maximum absolute atomic E-state index is 12.6. The summed E-state index contributed by atoms with van der Waals surface area (Å²) in [7, 11) is 0. The van der Waals surface area contributed by atoms with Crippen molar-refractivity contribution in [2.75, 3.05) is 0 Å². The van der Waals surface area contributed by atoms with Crippen LogP contribution in [0, 0.1) is 5.92 Å². The number of benzene rings is 2. The summed E-state index contributed by atoms with van der Waals surface area (Å²) in [4.78, 5) is 21.8. The van der Waals surface area contributed by atoms with Crippen LogP contribution in [-0.2, 0) is 16.1 Å². The predicted molar refractivity (Wildman–Crippen MR) is 137 cm³/mol. The Kier molecular flexibility index (Phi) is 7.92. The maximum atomic E-state index is 12.6. The smallest absolute Gasteiger partial charge is 0.309 e. The van der Waals surface area contributed by atoms with Crippen LogP contribution in [0.3, 0.4) is 0 Å². The van der Waals surface area contributed by atoms with Crippen LogP contribution in [0.4, 0.5) is 0 Å². The Bertz CT molecular complexity index is 1100. The minimum absolute atomic E-state index is 0.0450. The number of esters is 1. The van der Waals surface area contributed by atoms with Crippen molar-refractivity contribution >= 4 is 17.0 Å². The maximum Gasteiger partial charge on any atom is 0.309 e. The van der Waals surface area contributed by atoms with Crippen molar-refractivity contribution < 1.29 is 14.3 Å². The molecular weight excluding hydrogens is 436 g/mol. The Hall–Kier alpha value is -2.95. The monoisotopic (exact) mass is 472 g/mol. The number of rotatable bonds is 6. The lowest BCUT2D eigenvalue weighted by molar-refractivity contribution is -0.151. The van der Waals surface area contributed by atoms with E-state index in [-0.39, 0.29) is 18.0 Å². The van der Waals surface area contributed by atoms with Crippen molar-refractivity contribution in [2.45, 2.75) is 89.3 Å². The minimum Gasteiger partial charge on any atom is -0.488 e. The average Bonchev–Trinajstić information content (AvgIpc) is 2.88. The van der Waals surface area contributed by atoms with Crippen LogP contribution in [0.2, 0.25) is 0 Å². The van der Waals surface area contributed by atoms with E-state index in [0.717, 1.165) is 48.0 Å². The molecule has 0 aliphatic heterocycles. The van der Waals surface area contributed by atoms with E-state index in [2.05, 4.69) is 22.1 Å². The van der Waals surface area contributed by atoms with Crippen LogP contribution in [0.25, 0.3) is 11.0 Å². The highest BCUT2D eigenvalue weighted by molar-refractivity contribution is 5.81. The van der Waals surface area contributed by atoms with Gasteiger partial charge >= 0.3 is 5.97 Å². The van der Waals surface area contributed by atoms with E-state index in [9.17, 15) is 4.79 Å². The summed E-state index contributed by atoms with van der Waals surface area (Å²) in [6.07, 6.45) is 16.0. The predicted octanol–water partition coefficient (Wildman–Crippen LogP) is 7.14. The summed E-state index contributed by atoms with van der Waals surface area (Å²) in [5.41, 5.74) is 4.12. The fourth-order valence-electron chi connectivity index (χ4n) is 5.62. The summed E-state index contributed by atoms with van der Waals surface area (Å²) < 4.78 is 12.1. The fraction of sp³-hybridized carbons (Fsp3) is 0.500. The quantitative estimate of drug-likeness (QED) is 0.357. The number of carbonyl (C=O) groups is 1. The van der Waals surface area contributed by atoms with Crippen molar-refractivity contribution in [3.05, 3.63) is 66.0 Å². The fourth-order valence-corrected chi connectivity index (χ4v) is 5.62. The van der Waals surface area contributed by atoms with Gasteiger partial charge in [-0.15, -0.1) is 0 Å². The van der Waals surface area contributed by atoms with E-state index in [1.807, 2.05) is 30.3 Å². The second-order valence-electron chi connectivity index (χ2n) is 10.2. The van der Waals surface area contributed by atoms with Gasteiger partial charge in [0.15, 0.2) is 0 Å².